The van der Waals surface area contributed by atoms with Gasteiger partial charge in [-0.2, -0.15) is 13.2 Å². The zero-order valence-corrected chi connectivity index (χ0v) is 16.8. The van der Waals surface area contributed by atoms with E-state index in [1.165, 1.54) is 0 Å². The lowest BCUT2D eigenvalue weighted by Gasteiger charge is -2.10. The van der Waals surface area contributed by atoms with Crippen LogP contribution in [0.15, 0.2) is 41.5 Å². The second-order valence-corrected chi connectivity index (χ2v) is 5.53. The van der Waals surface area contributed by atoms with Crippen molar-refractivity contribution in [2.45, 2.75) is 13.1 Å². The first-order valence-corrected chi connectivity index (χ1v) is 7.62. The third-order valence-electron chi connectivity index (χ3n) is 3.04. The number of pyridine rings is 1. The summed E-state index contributed by atoms with van der Waals surface area (Å²) in [6.45, 7) is 2.20. The molecule has 26 heavy (non-hydrogen) atoms. The maximum atomic E-state index is 12.5. The first-order chi connectivity index (χ1) is 11.8. The first kappa shape index (κ1) is 22.3. The number of aromatic nitrogens is 1. The lowest BCUT2D eigenvalue weighted by molar-refractivity contribution is -0.137. The smallest absolute Gasteiger partial charge is 0.417 e. The Morgan fingerprint density at radius 2 is 2.08 bits per heavy atom. The Labute approximate surface area is 170 Å². The summed E-state index contributed by atoms with van der Waals surface area (Å²) in [6.07, 6.45) is -3.84. The molecule has 0 atom stereocenters. The summed E-state index contributed by atoms with van der Waals surface area (Å²) in [5.41, 5.74) is 6.69. The minimum Gasteiger partial charge on any atom is -0.475 e. The predicted octanol–water partition coefficient (Wildman–Crippen LogP) is 4.49. The van der Waals surface area contributed by atoms with Crippen LogP contribution in [0, 0.1) is 6.92 Å². The predicted molar refractivity (Wildman–Crippen MR) is 106 cm³/mol. The molecule has 10 heteroatoms. The van der Waals surface area contributed by atoms with Crippen LogP contribution in [0.1, 0.15) is 11.1 Å². The molecule has 0 aliphatic carbocycles. The zero-order valence-electron chi connectivity index (χ0n) is 13.7. The highest BCUT2D eigenvalue weighted by atomic mass is 127. The Morgan fingerprint density at radius 3 is 2.69 bits per heavy atom. The Hall–Kier alpha value is -1.75. The van der Waals surface area contributed by atoms with E-state index in [0.717, 1.165) is 17.3 Å². The van der Waals surface area contributed by atoms with E-state index in [0.29, 0.717) is 6.20 Å². The summed E-state index contributed by atoms with van der Waals surface area (Å²) in [5, 5.41) is 2.70. The molecule has 1 heterocycles. The Balaban J connectivity index is 0.00000338. The fourth-order valence-corrected chi connectivity index (χ4v) is 2.13. The van der Waals surface area contributed by atoms with Gasteiger partial charge in [0.05, 0.1) is 12.1 Å². The molecular weight excluding hydrogens is 484 g/mol. The molecule has 1 aromatic heterocycles. The normalized spacial score (nSPS) is 11.7. The van der Waals surface area contributed by atoms with Gasteiger partial charge in [0.25, 0.3) is 0 Å². The molecule has 0 radical (unpaired) electrons. The van der Waals surface area contributed by atoms with Crippen LogP contribution in [0.3, 0.4) is 0 Å². The summed E-state index contributed by atoms with van der Waals surface area (Å²) in [7, 11) is 0. The lowest BCUT2D eigenvalue weighted by Crippen LogP contribution is -2.23. The van der Waals surface area contributed by atoms with E-state index in [4.69, 9.17) is 22.1 Å². The average Bonchev–Trinajstić information content (AvgIpc) is 2.51. The molecule has 0 amide bonds. The van der Waals surface area contributed by atoms with Gasteiger partial charge in [0.15, 0.2) is 5.96 Å². The number of aryl methyl sites for hydroxylation is 1. The second-order valence-electron chi connectivity index (χ2n) is 5.12. The van der Waals surface area contributed by atoms with Gasteiger partial charge in [0.2, 0.25) is 5.88 Å². The summed E-state index contributed by atoms with van der Waals surface area (Å²) < 4.78 is 42.8. The molecule has 5 nitrogen and oxygen atoms in total. The Morgan fingerprint density at radius 1 is 1.35 bits per heavy atom. The van der Waals surface area contributed by atoms with Crippen LogP contribution in [-0.2, 0) is 6.18 Å². The maximum absolute atomic E-state index is 12.5. The van der Waals surface area contributed by atoms with Gasteiger partial charge < -0.3 is 15.8 Å². The van der Waals surface area contributed by atoms with Crippen LogP contribution in [0.25, 0.3) is 0 Å². The summed E-state index contributed by atoms with van der Waals surface area (Å²) in [6, 6.07) is 8.35. The number of rotatable bonds is 5. The molecule has 3 N–H and O–H groups in total. The van der Waals surface area contributed by atoms with E-state index in [2.05, 4.69) is 15.3 Å². The van der Waals surface area contributed by atoms with Crippen molar-refractivity contribution in [3.05, 3.63) is 52.7 Å². The van der Waals surface area contributed by atoms with Crippen molar-refractivity contribution >= 4 is 47.2 Å². The SMILES string of the molecule is Cc1cccc(NC(N)=NCCOc2ncc(C(F)(F)F)cc2Cl)c1.I. The zero-order chi connectivity index (χ0) is 18.4. The molecule has 0 spiro atoms. The van der Waals surface area contributed by atoms with Gasteiger partial charge in [-0.1, -0.05) is 23.7 Å². The number of nitrogens with two attached hydrogens (primary N) is 1. The highest BCUT2D eigenvalue weighted by molar-refractivity contribution is 14.0. The van der Waals surface area contributed by atoms with Crippen molar-refractivity contribution in [2.24, 2.45) is 10.7 Å². The van der Waals surface area contributed by atoms with Gasteiger partial charge >= 0.3 is 6.18 Å². The number of nitrogens with one attached hydrogen (secondary N) is 1. The fraction of sp³-hybridized carbons (Fsp3) is 0.250. The second kappa shape index (κ2) is 9.81. The maximum Gasteiger partial charge on any atom is 0.417 e. The minimum atomic E-state index is -4.50. The van der Waals surface area contributed by atoms with Crippen LogP contribution in [-0.4, -0.2) is 24.1 Å². The quantitative estimate of drug-likeness (QED) is 0.275. The first-order valence-electron chi connectivity index (χ1n) is 7.25. The van der Waals surface area contributed by atoms with Gasteiger partial charge in [-0.25, -0.2) is 9.98 Å². The summed E-state index contributed by atoms with van der Waals surface area (Å²) >= 11 is 5.74. The van der Waals surface area contributed by atoms with Gasteiger partial charge in [0.1, 0.15) is 11.6 Å². The van der Waals surface area contributed by atoms with Crippen LogP contribution >= 0.6 is 35.6 Å². The van der Waals surface area contributed by atoms with Crippen molar-refractivity contribution in [1.29, 1.82) is 0 Å². The molecule has 0 aliphatic rings. The molecule has 0 bridgehead atoms. The molecule has 2 rings (SSSR count). The highest BCUT2D eigenvalue weighted by Gasteiger charge is 2.31. The van der Waals surface area contributed by atoms with E-state index in [1.54, 1.807) is 0 Å². The highest BCUT2D eigenvalue weighted by Crippen LogP contribution is 2.32. The number of aliphatic imine (C=N–C) groups is 1. The topological polar surface area (TPSA) is 72.5 Å². The van der Waals surface area contributed by atoms with Crippen molar-refractivity contribution < 1.29 is 17.9 Å². The van der Waals surface area contributed by atoms with Crippen LogP contribution in [0.4, 0.5) is 18.9 Å². The third-order valence-corrected chi connectivity index (χ3v) is 3.31. The number of hydrogen-bond donors (Lipinski definition) is 2. The van der Waals surface area contributed by atoms with Crippen molar-refractivity contribution in [3.63, 3.8) is 0 Å². The van der Waals surface area contributed by atoms with Gasteiger partial charge in [-0.15, -0.1) is 24.0 Å². The number of alkyl halides is 3. The van der Waals surface area contributed by atoms with Gasteiger partial charge in [-0.3, -0.25) is 0 Å². The Bertz CT molecular complexity index is 771. The van der Waals surface area contributed by atoms with Crippen LogP contribution in [0.2, 0.25) is 5.02 Å². The molecule has 0 unspecified atom stereocenters. The van der Waals surface area contributed by atoms with E-state index in [9.17, 15) is 13.2 Å². The molecule has 0 aliphatic heterocycles. The largest absolute Gasteiger partial charge is 0.475 e. The minimum absolute atomic E-state index is 0. The van der Waals surface area contributed by atoms with E-state index in [1.807, 2.05) is 31.2 Å². The molecular formula is C16H17ClF3IN4O. The number of halogens is 5. The summed E-state index contributed by atoms with van der Waals surface area (Å²) in [5.74, 6) is 0.107. The molecule has 0 saturated carbocycles. The standard InChI is InChI=1S/C16H16ClF3N4O.HI/c1-10-3-2-4-12(7-10)24-15(21)22-5-6-25-14-13(17)8-11(9-23-14)16(18,19)20;/h2-4,7-9H,5-6H2,1H3,(H3,21,22,24);1H. The van der Waals surface area contributed by atoms with E-state index >= 15 is 0 Å². The monoisotopic (exact) mass is 500 g/mol. The number of guanidine groups is 1. The fourth-order valence-electron chi connectivity index (χ4n) is 1.91. The Kier molecular flexibility index (Phi) is 8.41. The molecule has 0 fully saturated rings. The number of anilines is 1. The van der Waals surface area contributed by atoms with E-state index < -0.39 is 11.7 Å². The number of hydrogen-bond acceptors (Lipinski definition) is 3. The van der Waals surface area contributed by atoms with Crippen LogP contribution in [0.5, 0.6) is 5.88 Å². The van der Waals surface area contributed by atoms with E-state index in [-0.39, 0.29) is 54.0 Å². The number of ether oxygens (including phenoxy) is 1. The van der Waals surface area contributed by atoms with Gasteiger partial charge in [0, 0.05) is 11.9 Å². The average molecular weight is 501 g/mol. The number of nitrogens with zero attached hydrogens (tertiary/aromatic N) is 2. The summed E-state index contributed by atoms with van der Waals surface area (Å²) in [4.78, 5) is 7.63. The molecule has 2 aromatic rings. The molecule has 0 saturated heterocycles. The number of benzene rings is 1. The molecule has 1 aromatic carbocycles. The lowest BCUT2D eigenvalue weighted by atomic mass is 10.2. The molecule has 142 valence electrons. The van der Waals surface area contributed by atoms with Crippen molar-refractivity contribution in [2.75, 3.05) is 18.5 Å². The third kappa shape index (κ3) is 6.87. The van der Waals surface area contributed by atoms with Crippen molar-refractivity contribution in [1.82, 2.24) is 4.98 Å². The van der Waals surface area contributed by atoms with Crippen LogP contribution < -0.4 is 15.8 Å². The van der Waals surface area contributed by atoms with Crippen molar-refractivity contribution in [3.8, 4) is 5.88 Å². The van der Waals surface area contributed by atoms with Gasteiger partial charge in [-0.05, 0) is 30.7 Å².